The van der Waals surface area contributed by atoms with Crippen molar-refractivity contribution in [1.82, 2.24) is 30.3 Å². The van der Waals surface area contributed by atoms with Gasteiger partial charge in [-0.15, -0.1) is 13.2 Å². The van der Waals surface area contributed by atoms with Crippen LogP contribution >= 0.6 is 0 Å². The van der Waals surface area contributed by atoms with E-state index in [2.05, 4.69) is 73.8 Å². The quantitative estimate of drug-likeness (QED) is 0.0458. The van der Waals surface area contributed by atoms with Crippen LogP contribution in [0.25, 0.3) is 11.1 Å². The third-order valence-electron chi connectivity index (χ3n) is 14.8. The highest BCUT2D eigenvalue weighted by molar-refractivity contribution is 7.90. The van der Waals surface area contributed by atoms with Gasteiger partial charge in [0.25, 0.3) is 31.9 Å². The van der Waals surface area contributed by atoms with E-state index in [4.69, 9.17) is 9.47 Å². The Morgan fingerprint density at radius 2 is 1.04 bits per heavy atom. The van der Waals surface area contributed by atoms with Crippen LogP contribution < -0.4 is 34.9 Å². The summed E-state index contributed by atoms with van der Waals surface area (Å²) >= 11 is 0. The fraction of sp³-hybridized carbons (Fsp3) is 0.279. The Balaban J connectivity index is 0.000000203. The summed E-state index contributed by atoms with van der Waals surface area (Å²) in [4.78, 5) is 54.6. The monoisotopic (exact) mass is 1100 g/mol. The zero-order chi connectivity index (χ0) is 55.6. The number of rotatable bonds is 21. The molecule has 18 heteroatoms. The van der Waals surface area contributed by atoms with Crippen molar-refractivity contribution in [3.8, 4) is 22.6 Å². The van der Waals surface area contributed by atoms with Crippen LogP contribution in [0.5, 0.6) is 11.5 Å². The summed E-state index contributed by atoms with van der Waals surface area (Å²) in [6, 6.07) is 49.6. The Morgan fingerprint density at radius 1 is 0.570 bits per heavy atom. The van der Waals surface area contributed by atoms with Gasteiger partial charge in [0.2, 0.25) is 11.8 Å². The highest BCUT2D eigenvalue weighted by Gasteiger charge is 2.62. The number of hydrogen-bond donors (Lipinski definition) is 5. The number of amides is 4. The van der Waals surface area contributed by atoms with Gasteiger partial charge < -0.3 is 25.4 Å². The molecule has 4 aliphatic rings. The van der Waals surface area contributed by atoms with Gasteiger partial charge in [0.15, 0.2) is 0 Å². The number of ether oxygens (including phenoxy) is 2. The van der Waals surface area contributed by atoms with Crippen LogP contribution in [0.4, 0.5) is 0 Å². The number of carbonyl (C=O) groups is 4. The standard InChI is InChI=1S/C37H37N3O5S.C24H27N3O5S/c1-2-32-23-37(32,36(42)39-46(43,44)34-18-10-17-33(22-34)45-26-27-11-5-3-6-12-27)38-35(41)31-19-20-40(25-31)24-28-13-9-16-30(21-28)29-14-7-4-8-15-29;1-2-19-14-24(19,26-22(28)18-11-12-25-15-18)23(29)27-33(30,31)21-10-6-9-20(13-21)32-16-17-7-4-3-5-8-17/h2-18,21-22,31-32H,1,19-20,23-26H2,(H,38,41)(H,39,42);2-10,13,18-19,25H,1,11-12,14-16H2,(H,26,28)(H,27,29)/t31-,32+,37+;18-,19+,24+/m00/s1. The van der Waals surface area contributed by atoms with Crippen LogP contribution in [0.1, 0.15) is 42.4 Å². The summed E-state index contributed by atoms with van der Waals surface area (Å²) in [5.74, 6) is -2.58. The summed E-state index contributed by atoms with van der Waals surface area (Å²) in [6.07, 6.45) is 5.07. The van der Waals surface area contributed by atoms with Crippen molar-refractivity contribution in [3.63, 3.8) is 0 Å². The smallest absolute Gasteiger partial charge is 0.264 e. The van der Waals surface area contributed by atoms with E-state index < -0.39 is 42.9 Å². The molecule has 0 spiro atoms. The molecule has 4 fully saturated rings. The first-order chi connectivity index (χ1) is 38.1. The van der Waals surface area contributed by atoms with Gasteiger partial charge in [0.05, 0.1) is 21.6 Å². The van der Waals surface area contributed by atoms with Gasteiger partial charge in [0, 0.05) is 43.6 Å². The Labute approximate surface area is 461 Å². The SMILES string of the molecule is C=C[C@@H]1C[C@]1(NC(=O)[C@H]1CCN(Cc2cccc(-c3ccccc3)c2)C1)C(=O)NS(=O)(=O)c1cccc(OCc2ccccc2)c1.C=C[C@@H]1C[C@]1(NC(=O)[C@H]1CCNC1)C(=O)NS(=O)(=O)c1cccc(OCc2ccccc2)c1. The molecule has 6 atom stereocenters. The Bertz CT molecular complexity index is 3420. The second kappa shape index (κ2) is 24.4. The van der Waals surface area contributed by atoms with Crippen molar-refractivity contribution in [2.24, 2.45) is 23.7 Å². The lowest BCUT2D eigenvalue weighted by Crippen LogP contribution is -2.53. The molecule has 2 aliphatic heterocycles. The molecule has 79 heavy (non-hydrogen) atoms. The second-order valence-corrected chi connectivity index (χ2v) is 23.7. The molecule has 0 radical (unpaired) electrons. The molecule has 6 aromatic carbocycles. The fourth-order valence-corrected chi connectivity index (χ4v) is 12.2. The number of nitrogens with zero attached hydrogens (tertiary/aromatic N) is 1. The summed E-state index contributed by atoms with van der Waals surface area (Å²) in [5, 5.41) is 8.80. The van der Waals surface area contributed by atoms with Gasteiger partial charge >= 0.3 is 0 Å². The largest absolute Gasteiger partial charge is 0.489 e. The summed E-state index contributed by atoms with van der Waals surface area (Å²) in [6.45, 7) is 11.3. The fourth-order valence-electron chi connectivity index (χ4n) is 10.0. The Hall–Kier alpha value is -7.90. The lowest BCUT2D eigenvalue weighted by molar-refractivity contribution is -0.131. The normalized spacial score (nSPS) is 22.2. The predicted molar refractivity (Wildman–Crippen MR) is 300 cm³/mol. The number of likely N-dealkylation sites (tertiary alicyclic amines) is 1. The van der Waals surface area contributed by atoms with Crippen molar-refractivity contribution in [2.75, 3.05) is 26.2 Å². The highest BCUT2D eigenvalue weighted by atomic mass is 32.2. The van der Waals surface area contributed by atoms with E-state index in [1.54, 1.807) is 36.4 Å². The van der Waals surface area contributed by atoms with Crippen molar-refractivity contribution < 1.29 is 45.5 Å². The van der Waals surface area contributed by atoms with E-state index in [-0.39, 0.29) is 64.9 Å². The molecule has 6 aromatic rings. The minimum atomic E-state index is -4.24. The molecule has 2 saturated heterocycles. The van der Waals surface area contributed by atoms with Gasteiger partial charge in [-0.1, -0.05) is 133 Å². The first-order valence-corrected chi connectivity index (χ1v) is 29.2. The third-order valence-corrected chi connectivity index (χ3v) is 17.5. The van der Waals surface area contributed by atoms with Crippen molar-refractivity contribution in [2.45, 2.75) is 66.3 Å². The molecule has 4 amide bonds. The number of sulfonamides is 2. The first-order valence-electron chi connectivity index (χ1n) is 26.2. The minimum Gasteiger partial charge on any atom is -0.489 e. The van der Waals surface area contributed by atoms with Crippen LogP contribution in [0.3, 0.4) is 0 Å². The second-order valence-electron chi connectivity index (χ2n) is 20.4. The number of hydrogen-bond acceptors (Lipinski definition) is 12. The van der Waals surface area contributed by atoms with Gasteiger partial charge in [-0.3, -0.25) is 24.1 Å². The maximum absolute atomic E-state index is 13.5. The third kappa shape index (κ3) is 13.7. The number of nitrogens with one attached hydrogen (secondary N) is 5. The van der Waals surface area contributed by atoms with Crippen LogP contribution in [-0.4, -0.2) is 82.6 Å². The number of benzene rings is 6. The van der Waals surface area contributed by atoms with Gasteiger partial charge in [-0.05, 0) is 96.9 Å². The topological polar surface area (TPSA) is 218 Å². The molecular formula is C61H64N6O10S2. The average Bonchev–Trinajstić information content (AvgIpc) is 4.31. The van der Waals surface area contributed by atoms with E-state index in [9.17, 15) is 36.0 Å². The highest BCUT2D eigenvalue weighted by Crippen LogP contribution is 2.46. The molecule has 2 saturated carbocycles. The van der Waals surface area contributed by atoms with Crippen LogP contribution in [-0.2, 0) is 59.0 Å². The molecule has 16 nitrogen and oxygen atoms in total. The van der Waals surface area contributed by atoms with Gasteiger partial charge in [-0.2, -0.15) is 0 Å². The maximum Gasteiger partial charge on any atom is 0.264 e. The van der Waals surface area contributed by atoms with Crippen molar-refractivity contribution >= 4 is 43.7 Å². The molecule has 10 rings (SSSR count). The molecule has 0 bridgehead atoms. The molecular weight excluding hydrogens is 1040 g/mol. The van der Waals surface area contributed by atoms with Crippen LogP contribution in [0, 0.1) is 23.7 Å². The summed E-state index contributed by atoms with van der Waals surface area (Å²) in [5.41, 5.74) is 2.68. The van der Waals surface area contributed by atoms with Crippen molar-refractivity contribution in [3.05, 3.63) is 206 Å². The average molecular weight is 1110 g/mol. The Kier molecular flexibility index (Phi) is 17.3. The molecule has 5 N–H and O–H groups in total. The first kappa shape index (κ1) is 55.8. The minimum absolute atomic E-state index is 0.0984. The van der Waals surface area contributed by atoms with Crippen LogP contribution in [0.2, 0.25) is 0 Å². The maximum atomic E-state index is 13.5. The zero-order valence-corrected chi connectivity index (χ0v) is 45.2. The lowest BCUT2D eigenvalue weighted by Gasteiger charge is -2.21. The van der Waals surface area contributed by atoms with E-state index in [0.29, 0.717) is 50.4 Å². The summed E-state index contributed by atoms with van der Waals surface area (Å²) in [7, 11) is -8.41. The zero-order valence-electron chi connectivity index (χ0n) is 43.6. The van der Waals surface area contributed by atoms with E-state index in [1.165, 1.54) is 24.3 Å². The van der Waals surface area contributed by atoms with Gasteiger partial charge in [-0.25, -0.2) is 26.3 Å². The lowest BCUT2D eigenvalue weighted by atomic mass is 10.0. The molecule has 410 valence electrons. The van der Waals surface area contributed by atoms with Crippen LogP contribution in [0.15, 0.2) is 199 Å². The van der Waals surface area contributed by atoms with Crippen molar-refractivity contribution in [1.29, 1.82) is 0 Å². The predicted octanol–water partition coefficient (Wildman–Crippen LogP) is 7.06. The Morgan fingerprint density at radius 3 is 1.52 bits per heavy atom. The molecule has 2 aliphatic carbocycles. The molecule has 0 aromatic heterocycles. The summed E-state index contributed by atoms with van der Waals surface area (Å²) < 4.78 is 68.3. The van der Waals surface area contributed by atoms with E-state index >= 15 is 0 Å². The molecule has 2 heterocycles. The van der Waals surface area contributed by atoms with E-state index in [0.717, 1.165) is 40.9 Å². The molecule has 0 unspecified atom stereocenters. The van der Waals surface area contributed by atoms with E-state index in [1.807, 2.05) is 84.9 Å². The number of carbonyl (C=O) groups excluding carboxylic acids is 4. The van der Waals surface area contributed by atoms with Gasteiger partial charge in [0.1, 0.15) is 35.8 Å².